The molecule has 3 amide bonds. The van der Waals surface area contributed by atoms with Crippen LogP contribution in [-0.4, -0.2) is 43.2 Å². The second kappa shape index (κ2) is 4.34. The third-order valence-corrected chi connectivity index (χ3v) is 8.93. The molecule has 1 aliphatic heterocycles. The van der Waals surface area contributed by atoms with E-state index >= 15 is 0 Å². The monoisotopic (exact) mass is 228 g/mol. The van der Waals surface area contributed by atoms with E-state index in [0.29, 0.717) is 0 Å². The summed E-state index contributed by atoms with van der Waals surface area (Å²) in [5.41, 5.74) is 0. The van der Waals surface area contributed by atoms with Crippen LogP contribution in [-0.2, 0) is 4.79 Å². The van der Waals surface area contributed by atoms with Crippen LogP contribution in [0.1, 0.15) is 20.8 Å². The SMILES string of the molecule is CC[Si](CC)(CC)N1C(=O)CN(C)C1=O. The van der Waals surface area contributed by atoms with Gasteiger partial charge in [-0.1, -0.05) is 20.8 Å². The predicted octanol–water partition coefficient (Wildman–Crippen LogP) is 1.89. The van der Waals surface area contributed by atoms with Crippen molar-refractivity contribution in [3.05, 3.63) is 0 Å². The summed E-state index contributed by atoms with van der Waals surface area (Å²) in [6.07, 6.45) is 0. The first-order chi connectivity index (χ1) is 7.02. The normalized spacial score (nSPS) is 17.9. The molecule has 1 fully saturated rings. The first-order valence-corrected chi connectivity index (χ1v) is 8.17. The highest BCUT2D eigenvalue weighted by atomic mass is 28.3. The van der Waals surface area contributed by atoms with Crippen molar-refractivity contribution in [1.82, 2.24) is 9.47 Å². The molecule has 1 heterocycles. The maximum atomic E-state index is 11.9. The molecule has 1 rings (SSSR count). The number of hydrogen-bond acceptors (Lipinski definition) is 2. The molecule has 4 nitrogen and oxygen atoms in total. The van der Waals surface area contributed by atoms with Crippen molar-refractivity contribution >= 4 is 20.2 Å². The molecule has 0 aromatic carbocycles. The fourth-order valence-corrected chi connectivity index (χ4v) is 5.94. The number of nitrogens with zero attached hydrogens (tertiary/aromatic N) is 2. The van der Waals surface area contributed by atoms with E-state index in [-0.39, 0.29) is 18.5 Å². The van der Waals surface area contributed by atoms with Crippen LogP contribution in [0.5, 0.6) is 0 Å². The zero-order chi connectivity index (χ0) is 11.6. The summed E-state index contributed by atoms with van der Waals surface area (Å²) in [6.45, 7) is 6.54. The van der Waals surface area contributed by atoms with Crippen molar-refractivity contribution in [3.8, 4) is 0 Å². The van der Waals surface area contributed by atoms with Crippen LogP contribution in [0.15, 0.2) is 0 Å². The number of imide groups is 1. The molecule has 0 atom stereocenters. The van der Waals surface area contributed by atoms with Crippen LogP contribution in [0.25, 0.3) is 0 Å². The second-order valence-electron chi connectivity index (χ2n) is 4.15. The van der Waals surface area contributed by atoms with E-state index in [0.717, 1.165) is 18.1 Å². The lowest BCUT2D eigenvalue weighted by Crippen LogP contribution is -2.55. The van der Waals surface area contributed by atoms with E-state index in [2.05, 4.69) is 20.8 Å². The molecule has 1 aliphatic rings. The van der Waals surface area contributed by atoms with E-state index in [1.54, 1.807) is 11.6 Å². The maximum absolute atomic E-state index is 11.9. The number of urea groups is 1. The molecule has 0 saturated carbocycles. The number of carbonyl (C=O) groups is 2. The number of amides is 3. The van der Waals surface area contributed by atoms with Gasteiger partial charge in [0.25, 0.3) is 0 Å². The average molecular weight is 228 g/mol. The van der Waals surface area contributed by atoms with Crippen LogP contribution in [0.2, 0.25) is 18.1 Å². The number of carbonyl (C=O) groups excluding carboxylic acids is 2. The van der Waals surface area contributed by atoms with E-state index in [9.17, 15) is 9.59 Å². The molecule has 0 aromatic heterocycles. The zero-order valence-electron chi connectivity index (χ0n) is 10.0. The van der Waals surface area contributed by atoms with Crippen molar-refractivity contribution in [2.24, 2.45) is 0 Å². The van der Waals surface area contributed by atoms with Gasteiger partial charge in [-0.2, -0.15) is 0 Å². The summed E-state index contributed by atoms with van der Waals surface area (Å²) in [6, 6.07) is 2.80. The highest BCUT2D eigenvalue weighted by molar-refractivity contribution is 6.81. The van der Waals surface area contributed by atoms with Gasteiger partial charge in [-0.15, -0.1) is 0 Å². The lowest BCUT2D eigenvalue weighted by atomic mass is 10.6. The van der Waals surface area contributed by atoms with Crippen LogP contribution >= 0.6 is 0 Å². The summed E-state index contributed by atoms with van der Waals surface area (Å²) in [5, 5.41) is 0. The Hall–Kier alpha value is -0.843. The molecule has 0 radical (unpaired) electrons. The van der Waals surface area contributed by atoms with Crippen molar-refractivity contribution in [3.63, 3.8) is 0 Å². The first kappa shape index (κ1) is 12.2. The molecule has 86 valence electrons. The van der Waals surface area contributed by atoms with Gasteiger partial charge < -0.3 is 4.90 Å². The van der Waals surface area contributed by atoms with Crippen LogP contribution < -0.4 is 0 Å². The molecule has 0 aliphatic carbocycles. The Labute approximate surface area is 92.3 Å². The Morgan fingerprint density at radius 3 is 1.87 bits per heavy atom. The zero-order valence-corrected chi connectivity index (χ0v) is 11.0. The third-order valence-electron chi connectivity index (χ3n) is 3.59. The van der Waals surface area contributed by atoms with E-state index in [1.807, 2.05) is 0 Å². The highest BCUT2D eigenvalue weighted by Gasteiger charge is 2.47. The topological polar surface area (TPSA) is 40.6 Å². The van der Waals surface area contributed by atoms with Gasteiger partial charge in [-0.25, -0.2) is 4.79 Å². The van der Waals surface area contributed by atoms with Gasteiger partial charge in [0, 0.05) is 7.05 Å². The van der Waals surface area contributed by atoms with Crippen LogP contribution in [0.3, 0.4) is 0 Å². The Morgan fingerprint density at radius 1 is 1.13 bits per heavy atom. The first-order valence-electron chi connectivity index (χ1n) is 5.60. The smallest absolute Gasteiger partial charge is 0.318 e. The van der Waals surface area contributed by atoms with E-state index < -0.39 is 8.24 Å². The van der Waals surface area contributed by atoms with Gasteiger partial charge in [0.2, 0.25) is 5.91 Å². The Morgan fingerprint density at radius 2 is 1.60 bits per heavy atom. The fourth-order valence-electron chi connectivity index (χ4n) is 2.31. The molecule has 0 aromatic rings. The Balaban J connectivity index is 3.03. The maximum Gasteiger partial charge on any atom is 0.318 e. The van der Waals surface area contributed by atoms with Crippen molar-refractivity contribution < 1.29 is 9.59 Å². The predicted molar refractivity (Wildman–Crippen MR) is 62.1 cm³/mol. The van der Waals surface area contributed by atoms with Gasteiger partial charge in [0.15, 0.2) is 8.24 Å². The Kier molecular flexibility index (Phi) is 3.54. The molecule has 15 heavy (non-hydrogen) atoms. The quantitative estimate of drug-likeness (QED) is 0.544. The average Bonchev–Trinajstić information content (AvgIpc) is 2.48. The molecule has 1 saturated heterocycles. The molecule has 0 bridgehead atoms. The van der Waals surface area contributed by atoms with Crippen molar-refractivity contribution in [2.45, 2.75) is 38.9 Å². The minimum Gasteiger partial charge on any atom is -0.319 e. The van der Waals surface area contributed by atoms with E-state index in [4.69, 9.17) is 0 Å². The molecule has 0 N–H and O–H groups in total. The molecular formula is C10H20N2O2Si. The summed E-state index contributed by atoms with van der Waals surface area (Å²) in [7, 11) is -0.165. The van der Waals surface area contributed by atoms with Gasteiger partial charge in [-0.3, -0.25) is 9.36 Å². The fraction of sp³-hybridized carbons (Fsp3) is 0.800. The lowest BCUT2D eigenvalue weighted by molar-refractivity contribution is -0.122. The van der Waals surface area contributed by atoms with E-state index in [1.165, 1.54) is 4.90 Å². The largest absolute Gasteiger partial charge is 0.319 e. The number of rotatable bonds is 4. The highest BCUT2D eigenvalue weighted by Crippen LogP contribution is 2.28. The lowest BCUT2D eigenvalue weighted by Gasteiger charge is -2.35. The van der Waals surface area contributed by atoms with Gasteiger partial charge >= 0.3 is 6.03 Å². The number of hydrogen-bond donors (Lipinski definition) is 0. The summed E-state index contributed by atoms with van der Waals surface area (Å²) in [4.78, 5) is 25.2. The molecule has 0 unspecified atom stereocenters. The molecule has 0 spiro atoms. The van der Waals surface area contributed by atoms with Crippen molar-refractivity contribution in [1.29, 1.82) is 0 Å². The summed E-state index contributed by atoms with van der Waals surface area (Å²) < 4.78 is 1.60. The van der Waals surface area contributed by atoms with Crippen LogP contribution in [0, 0.1) is 0 Å². The molecular weight excluding hydrogens is 208 g/mol. The molecule has 5 heteroatoms. The third kappa shape index (κ3) is 1.80. The van der Waals surface area contributed by atoms with Gasteiger partial charge in [0.1, 0.15) is 6.54 Å². The van der Waals surface area contributed by atoms with Crippen molar-refractivity contribution in [2.75, 3.05) is 13.6 Å². The second-order valence-corrected chi connectivity index (χ2v) is 9.17. The number of likely N-dealkylation sites (N-methyl/N-ethyl adjacent to an activating group) is 1. The minimum absolute atomic E-state index is 0.000262. The van der Waals surface area contributed by atoms with Gasteiger partial charge in [-0.05, 0) is 18.1 Å². The Bertz CT molecular complexity index is 268. The van der Waals surface area contributed by atoms with Gasteiger partial charge in [0.05, 0.1) is 0 Å². The summed E-state index contributed by atoms with van der Waals surface area (Å²) in [5.74, 6) is -0.000262. The van der Waals surface area contributed by atoms with Crippen LogP contribution in [0.4, 0.5) is 4.79 Å². The minimum atomic E-state index is -1.86. The summed E-state index contributed by atoms with van der Waals surface area (Å²) >= 11 is 0. The standard InChI is InChI=1S/C10H20N2O2Si/c1-5-15(6-2,7-3)12-9(13)8-11(4)10(12)14/h5-8H2,1-4H3.